The van der Waals surface area contributed by atoms with Crippen LogP contribution in [0.1, 0.15) is 23.2 Å². The summed E-state index contributed by atoms with van der Waals surface area (Å²) in [5.74, 6) is 0.568. The summed E-state index contributed by atoms with van der Waals surface area (Å²) in [5.41, 5.74) is 1.52. The summed E-state index contributed by atoms with van der Waals surface area (Å²) >= 11 is 0. The molecule has 0 aliphatic carbocycles. The summed E-state index contributed by atoms with van der Waals surface area (Å²) < 4.78 is 4.97. The number of carbonyl (C=O) groups excluding carboxylic acids is 2. The molecule has 132 valence electrons. The second-order valence-corrected chi connectivity index (χ2v) is 5.32. The summed E-state index contributed by atoms with van der Waals surface area (Å²) in [4.78, 5) is 31.8. The van der Waals surface area contributed by atoms with Gasteiger partial charge in [-0.2, -0.15) is 0 Å². The Hall–Kier alpha value is -3.00. The zero-order valence-electron chi connectivity index (χ0n) is 14.4. The lowest BCUT2D eigenvalue weighted by molar-refractivity contribution is -0.114. The van der Waals surface area contributed by atoms with E-state index >= 15 is 0 Å². The highest BCUT2D eigenvalue weighted by molar-refractivity contribution is 6.03. The highest BCUT2D eigenvalue weighted by Gasteiger charge is 2.11. The summed E-state index contributed by atoms with van der Waals surface area (Å²) in [6, 6.07) is 8.41. The lowest BCUT2D eigenvalue weighted by atomic mass is 10.2. The number of amides is 2. The SMILES string of the molecule is COCCNc1cc(C(=O)Nc2ccc(NC(C)=O)cc2)nc(C)n1. The molecule has 0 saturated heterocycles. The third-order valence-electron chi connectivity index (χ3n) is 3.15. The van der Waals surface area contributed by atoms with Crippen molar-refractivity contribution in [2.24, 2.45) is 0 Å². The monoisotopic (exact) mass is 343 g/mol. The first-order chi connectivity index (χ1) is 12.0. The van der Waals surface area contributed by atoms with Crippen molar-refractivity contribution in [2.75, 3.05) is 36.2 Å². The van der Waals surface area contributed by atoms with E-state index in [1.54, 1.807) is 44.4 Å². The van der Waals surface area contributed by atoms with Crippen LogP contribution in [0.25, 0.3) is 0 Å². The maximum atomic E-state index is 12.4. The van der Waals surface area contributed by atoms with Crippen molar-refractivity contribution in [1.29, 1.82) is 0 Å². The molecule has 2 amide bonds. The molecule has 8 nitrogen and oxygen atoms in total. The second-order valence-electron chi connectivity index (χ2n) is 5.32. The van der Waals surface area contributed by atoms with E-state index in [0.717, 1.165) is 0 Å². The molecule has 0 saturated carbocycles. The number of aryl methyl sites for hydroxylation is 1. The Labute approximate surface area is 146 Å². The van der Waals surface area contributed by atoms with E-state index in [4.69, 9.17) is 4.74 Å². The number of nitrogens with one attached hydrogen (secondary N) is 3. The second kappa shape index (κ2) is 8.74. The third kappa shape index (κ3) is 5.85. The number of nitrogens with zero attached hydrogens (tertiary/aromatic N) is 2. The van der Waals surface area contributed by atoms with Crippen molar-refractivity contribution in [2.45, 2.75) is 13.8 Å². The van der Waals surface area contributed by atoms with Crippen molar-refractivity contribution in [3.63, 3.8) is 0 Å². The Morgan fingerprint density at radius 3 is 2.32 bits per heavy atom. The summed E-state index contributed by atoms with van der Waals surface area (Å²) in [5, 5.41) is 8.51. The molecule has 0 atom stereocenters. The molecule has 0 fully saturated rings. The van der Waals surface area contributed by atoms with Gasteiger partial charge in [-0.1, -0.05) is 0 Å². The van der Waals surface area contributed by atoms with Gasteiger partial charge in [0, 0.05) is 38.0 Å². The Kier molecular flexibility index (Phi) is 6.41. The molecule has 1 aromatic carbocycles. The van der Waals surface area contributed by atoms with E-state index in [0.29, 0.717) is 36.2 Å². The van der Waals surface area contributed by atoms with Crippen LogP contribution in [-0.2, 0) is 9.53 Å². The maximum absolute atomic E-state index is 12.4. The fraction of sp³-hybridized carbons (Fsp3) is 0.294. The molecule has 0 unspecified atom stereocenters. The molecule has 0 aliphatic rings. The molecule has 2 rings (SSSR count). The number of aromatic nitrogens is 2. The number of methoxy groups -OCH3 is 1. The molecule has 0 bridgehead atoms. The Morgan fingerprint density at radius 1 is 1.08 bits per heavy atom. The van der Waals surface area contributed by atoms with Crippen molar-refractivity contribution in [1.82, 2.24) is 9.97 Å². The smallest absolute Gasteiger partial charge is 0.274 e. The normalized spacial score (nSPS) is 10.2. The minimum atomic E-state index is -0.340. The average Bonchev–Trinajstić information content (AvgIpc) is 2.56. The van der Waals surface area contributed by atoms with Crippen LogP contribution in [0.3, 0.4) is 0 Å². The molecule has 1 aromatic heterocycles. The van der Waals surface area contributed by atoms with E-state index in [2.05, 4.69) is 25.9 Å². The zero-order valence-corrected chi connectivity index (χ0v) is 14.4. The molecular formula is C17H21N5O3. The van der Waals surface area contributed by atoms with Crippen LogP contribution in [-0.4, -0.2) is 42.0 Å². The maximum Gasteiger partial charge on any atom is 0.274 e. The number of rotatable bonds is 7. The summed E-state index contributed by atoms with van der Waals surface area (Å²) in [6.45, 7) is 4.27. The number of benzene rings is 1. The lowest BCUT2D eigenvalue weighted by Crippen LogP contribution is -2.16. The van der Waals surface area contributed by atoms with Crippen LogP contribution in [0.4, 0.5) is 17.2 Å². The van der Waals surface area contributed by atoms with Gasteiger partial charge in [0.25, 0.3) is 5.91 Å². The Balaban J connectivity index is 2.05. The number of carbonyl (C=O) groups is 2. The van der Waals surface area contributed by atoms with Crippen LogP contribution in [0.15, 0.2) is 30.3 Å². The van der Waals surface area contributed by atoms with Gasteiger partial charge in [-0.05, 0) is 31.2 Å². The molecule has 0 radical (unpaired) electrons. The topological polar surface area (TPSA) is 105 Å². The van der Waals surface area contributed by atoms with Crippen molar-refractivity contribution >= 4 is 29.0 Å². The lowest BCUT2D eigenvalue weighted by Gasteiger charge is -2.09. The highest BCUT2D eigenvalue weighted by atomic mass is 16.5. The van der Waals surface area contributed by atoms with E-state index in [1.807, 2.05) is 0 Å². The predicted molar refractivity (Wildman–Crippen MR) is 95.8 cm³/mol. The zero-order chi connectivity index (χ0) is 18.2. The fourth-order valence-corrected chi connectivity index (χ4v) is 2.09. The van der Waals surface area contributed by atoms with Gasteiger partial charge >= 0.3 is 0 Å². The third-order valence-corrected chi connectivity index (χ3v) is 3.15. The van der Waals surface area contributed by atoms with Crippen LogP contribution < -0.4 is 16.0 Å². The first kappa shape index (κ1) is 18.3. The highest BCUT2D eigenvalue weighted by Crippen LogP contribution is 2.15. The van der Waals surface area contributed by atoms with Crippen LogP contribution in [0, 0.1) is 6.92 Å². The van der Waals surface area contributed by atoms with E-state index in [9.17, 15) is 9.59 Å². The van der Waals surface area contributed by atoms with E-state index in [1.165, 1.54) is 6.92 Å². The van der Waals surface area contributed by atoms with Gasteiger partial charge in [-0.25, -0.2) is 9.97 Å². The van der Waals surface area contributed by atoms with Gasteiger partial charge in [0.05, 0.1) is 6.61 Å². The molecule has 3 N–H and O–H groups in total. The van der Waals surface area contributed by atoms with Gasteiger partial charge in [-0.3, -0.25) is 9.59 Å². The summed E-state index contributed by atoms with van der Waals surface area (Å²) in [6.07, 6.45) is 0. The minimum Gasteiger partial charge on any atom is -0.383 e. The molecule has 0 spiro atoms. The molecule has 0 aliphatic heterocycles. The number of hydrogen-bond acceptors (Lipinski definition) is 6. The van der Waals surface area contributed by atoms with Gasteiger partial charge in [0.1, 0.15) is 17.3 Å². The quantitative estimate of drug-likeness (QED) is 0.665. The molecule has 1 heterocycles. The minimum absolute atomic E-state index is 0.151. The fourth-order valence-electron chi connectivity index (χ4n) is 2.09. The Morgan fingerprint density at radius 2 is 1.72 bits per heavy atom. The van der Waals surface area contributed by atoms with Crippen molar-refractivity contribution < 1.29 is 14.3 Å². The molecule has 2 aromatic rings. The average molecular weight is 343 g/mol. The van der Waals surface area contributed by atoms with Crippen molar-refractivity contribution in [3.8, 4) is 0 Å². The molecule has 25 heavy (non-hydrogen) atoms. The molecular weight excluding hydrogens is 322 g/mol. The predicted octanol–water partition coefficient (Wildman–Crippen LogP) is 2.05. The standard InChI is InChI=1S/C17H21N5O3/c1-11-19-15(10-16(20-11)18-8-9-25-3)17(24)22-14-6-4-13(5-7-14)21-12(2)23/h4-7,10H,8-9H2,1-3H3,(H,21,23)(H,22,24)(H,18,19,20). The van der Waals surface area contributed by atoms with E-state index in [-0.39, 0.29) is 17.5 Å². The van der Waals surface area contributed by atoms with Crippen LogP contribution in [0.2, 0.25) is 0 Å². The van der Waals surface area contributed by atoms with Crippen molar-refractivity contribution in [3.05, 3.63) is 41.9 Å². The number of ether oxygens (including phenoxy) is 1. The first-order valence-corrected chi connectivity index (χ1v) is 7.75. The number of anilines is 3. The van der Waals surface area contributed by atoms with E-state index < -0.39 is 0 Å². The first-order valence-electron chi connectivity index (χ1n) is 7.75. The number of hydrogen-bond donors (Lipinski definition) is 3. The summed E-state index contributed by atoms with van der Waals surface area (Å²) in [7, 11) is 1.61. The largest absolute Gasteiger partial charge is 0.383 e. The Bertz CT molecular complexity index is 746. The van der Waals surface area contributed by atoms with Crippen LogP contribution >= 0.6 is 0 Å². The van der Waals surface area contributed by atoms with Gasteiger partial charge in [0.15, 0.2) is 0 Å². The molecule has 8 heteroatoms. The van der Waals surface area contributed by atoms with Gasteiger partial charge in [0.2, 0.25) is 5.91 Å². The van der Waals surface area contributed by atoms with Gasteiger partial charge in [-0.15, -0.1) is 0 Å². The van der Waals surface area contributed by atoms with Gasteiger partial charge < -0.3 is 20.7 Å². The van der Waals surface area contributed by atoms with Crippen LogP contribution in [0.5, 0.6) is 0 Å².